The van der Waals surface area contributed by atoms with Crippen molar-refractivity contribution >= 4 is 23.6 Å². The van der Waals surface area contributed by atoms with E-state index in [2.05, 4.69) is 10.1 Å². The van der Waals surface area contributed by atoms with Crippen LogP contribution in [0.25, 0.3) is 6.08 Å². The van der Waals surface area contributed by atoms with Crippen LogP contribution in [0.4, 0.5) is 5.69 Å². The third-order valence-corrected chi connectivity index (χ3v) is 1.89. The number of benzene rings is 1. The molecule has 0 atom stereocenters. The highest BCUT2D eigenvalue weighted by Gasteiger charge is 2.00. The number of rotatable bonds is 5. The van der Waals surface area contributed by atoms with E-state index in [1.807, 2.05) is 0 Å². The van der Waals surface area contributed by atoms with Gasteiger partial charge in [-0.15, -0.1) is 0 Å². The van der Waals surface area contributed by atoms with Crippen molar-refractivity contribution in [1.82, 2.24) is 0 Å². The highest BCUT2D eigenvalue weighted by atomic mass is 16.5. The standard InChI is InChI=1S/C12H13NO4/c1-17-8-11(14)13-10-5-2-9(3-6-10)4-7-12(15)16/h2-7H,8H2,1H3,(H,13,14)(H,15,16). The molecule has 0 saturated heterocycles. The van der Waals surface area contributed by atoms with Crippen LogP contribution in [0.1, 0.15) is 5.56 Å². The number of ether oxygens (including phenoxy) is 1. The van der Waals surface area contributed by atoms with Gasteiger partial charge < -0.3 is 15.2 Å². The van der Waals surface area contributed by atoms with E-state index in [1.165, 1.54) is 13.2 Å². The Hall–Kier alpha value is -2.14. The number of hydrogen-bond acceptors (Lipinski definition) is 3. The molecule has 1 rings (SSSR count). The van der Waals surface area contributed by atoms with Gasteiger partial charge in [-0.25, -0.2) is 4.79 Å². The van der Waals surface area contributed by atoms with Gasteiger partial charge in [-0.1, -0.05) is 12.1 Å². The van der Waals surface area contributed by atoms with Crippen LogP contribution < -0.4 is 5.32 Å². The Bertz CT molecular complexity index is 423. The van der Waals surface area contributed by atoms with E-state index in [0.29, 0.717) is 5.69 Å². The molecule has 1 aromatic carbocycles. The van der Waals surface area contributed by atoms with E-state index in [9.17, 15) is 9.59 Å². The molecule has 5 heteroatoms. The summed E-state index contributed by atoms with van der Waals surface area (Å²) in [7, 11) is 1.44. The smallest absolute Gasteiger partial charge is 0.328 e. The molecule has 17 heavy (non-hydrogen) atoms. The maximum absolute atomic E-state index is 11.2. The number of aliphatic carboxylic acids is 1. The van der Waals surface area contributed by atoms with Crippen molar-refractivity contribution in [2.45, 2.75) is 0 Å². The molecule has 0 aromatic heterocycles. The number of amides is 1. The van der Waals surface area contributed by atoms with E-state index in [4.69, 9.17) is 5.11 Å². The Labute approximate surface area is 98.7 Å². The third-order valence-electron chi connectivity index (χ3n) is 1.89. The Kier molecular flexibility index (Phi) is 4.90. The Morgan fingerprint density at radius 3 is 2.53 bits per heavy atom. The number of methoxy groups -OCH3 is 1. The molecule has 0 radical (unpaired) electrons. The molecule has 0 aliphatic rings. The fraction of sp³-hybridized carbons (Fsp3) is 0.167. The minimum absolute atomic E-state index is 0.000663. The summed E-state index contributed by atoms with van der Waals surface area (Å²) in [5.74, 6) is -1.23. The lowest BCUT2D eigenvalue weighted by Gasteiger charge is -2.04. The Balaban J connectivity index is 2.62. The lowest BCUT2D eigenvalue weighted by Crippen LogP contribution is -2.16. The summed E-state index contributed by atoms with van der Waals surface area (Å²) in [4.78, 5) is 21.5. The molecule has 0 saturated carbocycles. The molecule has 0 aliphatic carbocycles. The molecule has 90 valence electrons. The third kappa shape index (κ3) is 4.94. The second kappa shape index (κ2) is 6.44. The van der Waals surface area contributed by atoms with Gasteiger partial charge in [-0.05, 0) is 23.8 Å². The summed E-state index contributed by atoms with van der Waals surface area (Å²) in [5.41, 5.74) is 1.39. The number of carboxylic acid groups (broad SMARTS) is 1. The van der Waals surface area contributed by atoms with Gasteiger partial charge in [0.15, 0.2) is 0 Å². The van der Waals surface area contributed by atoms with Gasteiger partial charge in [0.25, 0.3) is 0 Å². The van der Waals surface area contributed by atoms with Crippen LogP contribution in [0.3, 0.4) is 0 Å². The largest absolute Gasteiger partial charge is 0.478 e. The Morgan fingerprint density at radius 1 is 1.35 bits per heavy atom. The van der Waals surface area contributed by atoms with E-state index < -0.39 is 5.97 Å². The first-order valence-corrected chi connectivity index (χ1v) is 4.91. The molecule has 0 unspecified atom stereocenters. The normalized spacial score (nSPS) is 10.4. The van der Waals surface area contributed by atoms with E-state index >= 15 is 0 Å². The lowest BCUT2D eigenvalue weighted by atomic mass is 10.2. The molecular formula is C12H13NO4. The van der Waals surface area contributed by atoms with Gasteiger partial charge in [0, 0.05) is 18.9 Å². The van der Waals surface area contributed by atoms with E-state index in [1.54, 1.807) is 24.3 Å². The molecule has 0 fully saturated rings. The summed E-state index contributed by atoms with van der Waals surface area (Å²) < 4.78 is 4.68. The zero-order chi connectivity index (χ0) is 12.7. The molecule has 2 N–H and O–H groups in total. The molecule has 0 aliphatic heterocycles. The van der Waals surface area contributed by atoms with Crippen LogP contribution in [-0.4, -0.2) is 30.7 Å². The van der Waals surface area contributed by atoms with Crippen molar-refractivity contribution in [3.05, 3.63) is 35.9 Å². The summed E-state index contributed by atoms with van der Waals surface area (Å²) >= 11 is 0. The summed E-state index contributed by atoms with van der Waals surface area (Å²) in [6.45, 7) is 0.000663. The average Bonchev–Trinajstić information content (AvgIpc) is 2.28. The minimum atomic E-state index is -0.998. The zero-order valence-corrected chi connectivity index (χ0v) is 9.34. The van der Waals surface area contributed by atoms with Gasteiger partial charge in [-0.3, -0.25) is 4.79 Å². The highest BCUT2D eigenvalue weighted by Crippen LogP contribution is 2.10. The number of carbonyl (C=O) groups is 2. The molecule has 5 nitrogen and oxygen atoms in total. The van der Waals surface area contributed by atoms with Gasteiger partial charge in [0.2, 0.25) is 5.91 Å². The molecular weight excluding hydrogens is 222 g/mol. The molecule has 1 aromatic rings. The number of anilines is 1. The summed E-state index contributed by atoms with van der Waals surface area (Å²) in [6.07, 6.45) is 2.53. The second-order valence-electron chi connectivity index (χ2n) is 3.27. The monoisotopic (exact) mass is 235 g/mol. The zero-order valence-electron chi connectivity index (χ0n) is 9.34. The second-order valence-corrected chi connectivity index (χ2v) is 3.27. The number of carboxylic acids is 1. The van der Waals surface area contributed by atoms with Crippen molar-refractivity contribution in [3.63, 3.8) is 0 Å². The van der Waals surface area contributed by atoms with Crippen molar-refractivity contribution < 1.29 is 19.4 Å². The number of nitrogens with one attached hydrogen (secondary N) is 1. The quantitative estimate of drug-likeness (QED) is 0.756. The minimum Gasteiger partial charge on any atom is -0.478 e. The first-order chi connectivity index (χ1) is 8.11. The van der Waals surface area contributed by atoms with Crippen molar-refractivity contribution in [3.8, 4) is 0 Å². The predicted octanol–water partition coefficient (Wildman–Crippen LogP) is 1.37. The van der Waals surface area contributed by atoms with Gasteiger partial charge in [0.1, 0.15) is 6.61 Å². The number of carbonyl (C=O) groups excluding carboxylic acids is 1. The van der Waals surface area contributed by atoms with E-state index in [-0.39, 0.29) is 12.5 Å². The van der Waals surface area contributed by atoms with Crippen LogP contribution >= 0.6 is 0 Å². The van der Waals surface area contributed by atoms with Crippen LogP contribution in [-0.2, 0) is 14.3 Å². The Morgan fingerprint density at radius 2 is 2.00 bits per heavy atom. The van der Waals surface area contributed by atoms with Crippen LogP contribution in [0, 0.1) is 0 Å². The maximum Gasteiger partial charge on any atom is 0.328 e. The van der Waals surface area contributed by atoms with Crippen LogP contribution in [0.15, 0.2) is 30.3 Å². The fourth-order valence-corrected chi connectivity index (χ4v) is 1.17. The van der Waals surface area contributed by atoms with Gasteiger partial charge >= 0.3 is 5.97 Å². The SMILES string of the molecule is COCC(=O)Nc1ccc(C=CC(=O)O)cc1. The average molecular weight is 235 g/mol. The van der Waals surface area contributed by atoms with Gasteiger partial charge in [-0.2, -0.15) is 0 Å². The predicted molar refractivity (Wildman–Crippen MR) is 63.6 cm³/mol. The first kappa shape index (κ1) is 12.9. The highest BCUT2D eigenvalue weighted by molar-refractivity contribution is 5.91. The summed E-state index contributed by atoms with van der Waals surface area (Å²) in [5, 5.41) is 11.1. The van der Waals surface area contributed by atoms with Gasteiger partial charge in [0.05, 0.1) is 0 Å². The topological polar surface area (TPSA) is 75.6 Å². The number of hydrogen-bond donors (Lipinski definition) is 2. The van der Waals surface area contributed by atoms with Crippen molar-refractivity contribution in [2.24, 2.45) is 0 Å². The molecule has 0 spiro atoms. The molecule has 0 bridgehead atoms. The first-order valence-electron chi connectivity index (χ1n) is 4.91. The fourth-order valence-electron chi connectivity index (χ4n) is 1.17. The lowest BCUT2D eigenvalue weighted by molar-refractivity contribution is -0.131. The van der Waals surface area contributed by atoms with Crippen LogP contribution in [0.2, 0.25) is 0 Å². The van der Waals surface area contributed by atoms with Crippen molar-refractivity contribution in [2.75, 3.05) is 19.0 Å². The van der Waals surface area contributed by atoms with Crippen LogP contribution in [0.5, 0.6) is 0 Å². The molecule has 0 heterocycles. The maximum atomic E-state index is 11.2. The van der Waals surface area contributed by atoms with Crippen molar-refractivity contribution in [1.29, 1.82) is 0 Å². The summed E-state index contributed by atoms with van der Waals surface area (Å²) in [6, 6.07) is 6.80. The molecule has 1 amide bonds. The van der Waals surface area contributed by atoms with E-state index in [0.717, 1.165) is 11.6 Å².